The lowest BCUT2D eigenvalue weighted by Gasteiger charge is -2.05. The predicted octanol–water partition coefficient (Wildman–Crippen LogP) is 1.22. The first-order valence-corrected chi connectivity index (χ1v) is 7.84. The summed E-state index contributed by atoms with van der Waals surface area (Å²) in [5.41, 5.74) is 0.00731. The number of sulfonamides is 1. The van der Waals surface area contributed by atoms with Gasteiger partial charge < -0.3 is 5.32 Å². The van der Waals surface area contributed by atoms with E-state index in [1.807, 2.05) is 0 Å². The molecule has 0 aliphatic heterocycles. The summed E-state index contributed by atoms with van der Waals surface area (Å²) >= 11 is 3.06. The van der Waals surface area contributed by atoms with E-state index in [9.17, 15) is 17.6 Å². The van der Waals surface area contributed by atoms with Crippen LogP contribution in [0.25, 0.3) is 0 Å². The van der Waals surface area contributed by atoms with Gasteiger partial charge in [-0.2, -0.15) is 5.10 Å². The minimum atomic E-state index is -4.04. The van der Waals surface area contributed by atoms with Gasteiger partial charge >= 0.3 is 0 Å². The molecule has 10 heteroatoms. The maximum atomic E-state index is 13.3. The molecule has 7 nitrogen and oxygen atoms in total. The molecule has 1 amide bonds. The van der Waals surface area contributed by atoms with Gasteiger partial charge in [-0.15, -0.1) is 0 Å². The minimum Gasteiger partial charge on any atom is -0.304 e. The van der Waals surface area contributed by atoms with Crippen LogP contribution in [0.1, 0.15) is 10.4 Å². The summed E-state index contributed by atoms with van der Waals surface area (Å²) in [7, 11) is -2.56. The largest absolute Gasteiger partial charge is 0.304 e. The number of nitrogens with one attached hydrogen (secondary N) is 1. The zero-order valence-corrected chi connectivity index (χ0v) is 13.1. The number of carbonyl (C=O) groups is 1. The lowest BCUT2D eigenvalue weighted by molar-refractivity contribution is 0.102. The molecule has 0 fully saturated rings. The number of hydrogen-bond donors (Lipinski definition) is 2. The van der Waals surface area contributed by atoms with Gasteiger partial charge in [0, 0.05) is 23.3 Å². The average molecular weight is 377 g/mol. The van der Waals surface area contributed by atoms with E-state index in [-0.39, 0.29) is 16.3 Å². The second kappa shape index (κ2) is 5.54. The topological polar surface area (TPSA) is 107 Å². The van der Waals surface area contributed by atoms with Crippen LogP contribution in [-0.2, 0) is 17.1 Å². The Morgan fingerprint density at radius 1 is 1.43 bits per heavy atom. The van der Waals surface area contributed by atoms with E-state index in [2.05, 4.69) is 26.3 Å². The molecule has 0 saturated carbocycles. The molecule has 21 heavy (non-hydrogen) atoms. The van der Waals surface area contributed by atoms with Gasteiger partial charge in [0.2, 0.25) is 10.0 Å². The van der Waals surface area contributed by atoms with Crippen molar-refractivity contribution < 1.29 is 17.6 Å². The molecule has 112 valence electrons. The second-order valence-corrected chi connectivity index (χ2v) is 6.62. The van der Waals surface area contributed by atoms with Gasteiger partial charge in [0.15, 0.2) is 5.82 Å². The first kappa shape index (κ1) is 15.6. The van der Waals surface area contributed by atoms with E-state index in [4.69, 9.17) is 5.14 Å². The number of halogens is 2. The summed E-state index contributed by atoms with van der Waals surface area (Å²) in [6.45, 7) is 0. The summed E-state index contributed by atoms with van der Waals surface area (Å²) in [6.07, 6.45) is 1.16. The zero-order valence-electron chi connectivity index (χ0n) is 10.7. The number of nitrogens with zero attached hydrogens (tertiary/aromatic N) is 2. The van der Waals surface area contributed by atoms with Crippen molar-refractivity contribution in [3.05, 3.63) is 40.2 Å². The highest BCUT2D eigenvalue weighted by molar-refractivity contribution is 9.10. The van der Waals surface area contributed by atoms with Crippen LogP contribution in [0.15, 0.2) is 33.8 Å². The Morgan fingerprint density at radius 2 is 2.10 bits per heavy atom. The fraction of sp³-hybridized carbons (Fsp3) is 0.0909. The molecule has 0 bridgehead atoms. The van der Waals surface area contributed by atoms with E-state index >= 15 is 0 Å². The van der Waals surface area contributed by atoms with Gasteiger partial charge in [0.25, 0.3) is 5.91 Å². The van der Waals surface area contributed by atoms with Gasteiger partial charge in [0.05, 0.1) is 0 Å². The van der Waals surface area contributed by atoms with Crippen molar-refractivity contribution in [3.8, 4) is 0 Å². The van der Waals surface area contributed by atoms with Crippen molar-refractivity contribution in [1.82, 2.24) is 9.78 Å². The molecule has 2 aromatic rings. The Balaban J connectivity index is 2.36. The molecular formula is C11H10BrFN4O3S. The minimum absolute atomic E-state index is 0.00731. The van der Waals surface area contributed by atoms with Crippen molar-refractivity contribution >= 4 is 37.7 Å². The number of primary sulfonamides is 1. The van der Waals surface area contributed by atoms with Gasteiger partial charge in [-0.3, -0.25) is 9.48 Å². The van der Waals surface area contributed by atoms with Crippen LogP contribution in [0, 0.1) is 5.82 Å². The molecule has 0 saturated heterocycles. The molecular weight excluding hydrogens is 367 g/mol. The van der Waals surface area contributed by atoms with E-state index in [1.165, 1.54) is 23.9 Å². The normalized spacial score (nSPS) is 11.4. The summed E-state index contributed by atoms with van der Waals surface area (Å²) in [5, 5.41) is 11.1. The Kier molecular flexibility index (Phi) is 4.12. The summed E-state index contributed by atoms with van der Waals surface area (Å²) in [6, 6.07) is 3.59. The quantitative estimate of drug-likeness (QED) is 0.839. The van der Waals surface area contributed by atoms with Gasteiger partial charge in [-0.25, -0.2) is 17.9 Å². The average Bonchev–Trinajstić information content (AvgIpc) is 2.68. The monoisotopic (exact) mass is 376 g/mol. The molecule has 0 unspecified atom stereocenters. The smallest absolute Gasteiger partial charge is 0.257 e. The van der Waals surface area contributed by atoms with E-state index in [0.717, 1.165) is 12.3 Å². The second-order valence-electron chi connectivity index (χ2n) is 4.17. The first-order valence-electron chi connectivity index (χ1n) is 5.50. The van der Waals surface area contributed by atoms with Crippen molar-refractivity contribution in [2.24, 2.45) is 12.2 Å². The molecule has 1 aromatic carbocycles. The predicted molar refractivity (Wildman–Crippen MR) is 76.6 cm³/mol. The third-order valence-corrected chi connectivity index (χ3v) is 3.83. The Labute approximate surface area is 128 Å². The SMILES string of the molecule is Cn1cc(S(N)(=O)=O)c(NC(=O)c2cc(F)cc(Br)c2)n1. The highest BCUT2D eigenvalue weighted by Crippen LogP contribution is 2.20. The Hall–Kier alpha value is -1.78. The molecule has 1 heterocycles. The number of carbonyl (C=O) groups excluding carboxylic acids is 1. The van der Waals surface area contributed by atoms with Crippen molar-refractivity contribution in [2.75, 3.05) is 5.32 Å². The lowest BCUT2D eigenvalue weighted by Crippen LogP contribution is -2.18. The number of benzene rings is 1. The summed E-state index contributed by atoms with van der Waals surface area (Å²) in [4.78, 5) is 11.7. The molecule has 0 aliphatic carbocycles. The molecule has 0 spiro atoms. The standard InChI is InChI=1S/C11H10BrFN4O3S/c1-17-5-9(21(14,19)20)10(16-17)15-11(18)6-2-7(12)4-8(13)3-6/h2-5H,1H3,(H2,14,19,20)(H,15,16,18). The molecule has 0 radical (unpaired) electrons. The number of aryl methyl sites for hydroxylation is 1. The number of amides is 1. The van der Waals surface area contributed by atoms with Crippen LogP contribution in [0.2, 0.25) is 0 Å². The van der Waals surface area contributed by atoms with Gasteiger partial charge in [-0.05, 0) is 18.2 Å². The molecule has 0 atom stereocenters. The fourth-order valence-electron chi connectivity index (χ4n) is 1.63. The van der Waals surface area contributed by atoms with E-state index in [0.29, 0.717) is 4.47 Å². The van der Waals surface area contributed by atoms with Crippen LogP contribution < -0.4 is 10.5 Å². The summed E-state index contributed by atoms with van der Waals surface area (Å²) < 4.78 is 37.6. The molecule has 1 aromatic heterocycles. The number of anilines is 1. The molecule has 2 rings (SSSR count). The van der Waals surface area contributed by atoms with Crippen LogP contribution in [-0.4, -0.2) is 24.1 Å². The number of nitrogens with two attached hydrogens (primary N) is 1. The highest BCUT2D eigenvalue weighted by Gasteiger charge is 2.20. The maximum Gasteiger partial charge on any atom is 0.257 e. The van der Waals surface area contributed by atoms with E-state index in [1.54, 1.807) is 0 Å². The number of hydrogen-bond acceptors (Lipinski definition) is 4. The molecule has 0 aliphatic rings. The van der Waals surface area contributed by atoms with E-state index < -0.39 is 21.7 Å². The maximum absolute atomic E-state index is 13.3. The van der Waals surface area contributed by atoms with Crippen molar-refractivity contribution in [2.45, 2.75) is 4.90 Å². The van der Waals surface area contributed by atoms with Crippen LogP contribution in [0.4, 0.5) is 10.2 Å². The highest BCUT2D eigenvalue weighted by atomic mass is 79.9. The number of aromatic nitrogens is 2. The Morgan fingerprint density at radius 3 is 2.67 bits per heavy atom. The zero-order chi connectivity index (χ0) is 15.8. The number of rotatable bonds is 3. The van der Waals surface area contributed by atoms with Crippen molar-refractivity contribution in [3.63, 3.8) is 0 Å². The third kappa shape index (κ3) is 3.65. The van der Waals surface area contributed by atoms with Gasteiger partial charge in [-0.1, -0.05) is 15.9 Å². The van der Waals surface area contributed by atoms with Crippen molar-refractivity contribution in [1.29, 1.82) is 0 Å². The third-order valence-electron chi connectivity index (χ3n) is 2.46. The fourth-order valence-corrected chi connectivity index (χ4v) is 2.75. The van der Waals surface area contributed by atoms with Gasteiger partial charge in [0.1, 0.15) is 10.7 Å². The lowest BCUT2D eigenvalue weighted by atomic mass is 10.2. The molecule has 3 N–H and O–H groups in total. The Bertz CT molecular complexity index is 799. The van der Waals surface area contributed by atoms with Crippen LogP contribution >= 0.6 is 15.9 Å². The van der Waals surface area contributed by atoms with Crippen LogP contribution in [0.3, 0.4) is 0 Å². The summed E-state index contributed by atoms with van der Waals surface area (Å²) in [5.74, 6) is -1.54. The van der Waals surface area contributed by atoms with Crippen LogP contribution in [0.5, 0.6) is 0 Å². The first-order chi connectivity index (χ1) is 9.66.